The number of nitrogens with one attached hydrogen (secondary N) is 2. The van der Waals surface area contributed by atoms with Crippen LogP contribution in [-0.2, 0) is 81.2 Å². The Morgan fingerprint density at radius 2 is 1.22 bits per heavy atom. The highest BCUT2D eigenvalue weighted by molar-refractivity contribution is 7.80. The summed E-state index contributed by atoms with van der Waals surface area (Å²) in [5.41, 5.74) is 0. The van der Waals surface area contributed by atoms with Gasteiger partial charge in [-0.1, -0.05) is 0 Å². The van der Waals surface area contributed by atoms with Crippen LogP contribution in [-0.4, -0.2) is 292 Å². The van der Waals surface area contributed by atoms with E-state index < -0.39 is 213 Å². The number of ether oxygens (including phenoxy) is 9. The number of rotatable bonds is 20. The molecule has 5 rings (SSSR count). The third-order valence-corrected chi connectivity index (χ3v) is 12.5. The maximum atomic E-state index is 13.0. The van der Waals surface area contributed by atoms with E-state index in [0.717, 1.165) is 13.8 Å². The van der Waals surface area contributed by atoms with E-state index in [-0.39, 0.29) is 6.41 Å². The Labute approximate surface area is 403 Å². The van der Waals surface area contributed by atoms with Gasteiger partial charge in [0.25, 0.3) is 5.79 Å². The van der Waals surface area contributed by atoms with Gasteiger partial charge in [0.1, 0.15) is 85.5 Å². The van der Waals surface area contributed by atoms with E-state index in [0.29, 0.717) is 0 Å². The first-order valence-corrected chi connectivity index (χ1v) is 22.7. The smallest absolute Gasteiger partial charge is 0.397 e. The topological polar surface area (TPSA) is 560 Å². The fourth-order valence-electron chi connectivity index (χ4n) is 8.56. The minimum absolute atomic E-state index is 0.0233. The number of aliphatic carboxylic acids is 3. The molecule has 5 saturated heterocycles. The van der Waals surface area contributed by atoms with Crippen LogP contribution in [0.1, 0.15) is 20.3 Å². The van der Waals surface area contributed by atoms with Crippen molar-refractivity contribution in [3.05, 3.63) is 0 Å². The molecule has 5 fully saturated rings. The minimum Gasteiger partial charge on any atom is -0.479 e. The molecule has 0 saturated carbocycles. The highest BCUT2D eigenvalue weighted by atomic mass is 32.3. The maximum absolute atomic E-state index is 13.0. The molecular weight excluding hydrogens is 1020 g/mol. The predicted molar refractivity (Wildman–Crippen MR) is 212 cm³/mol. The van der Waals surface area contributed by atoms with Crippen molar-refractivity contribution >= 4 is 40.6 Å². The first-order valence-electron chi connectivity index (χ1n) is 21.3. The fourth-order valence-corrected chi connectivity index (χ4v) is 9.04. The molecule has 414 valence electrons. The normalized spacial score (nSPS) is 44.7. The van der Waals surface area contributed by atoms with Crippen LogP contribution in [0.4, 0.5) is 0 Å². The zero-order chi connectivity index (χ0) is 54.1. The zero-order valence-electron chi connectivity index (χ0n) is 37.1. The van der Waals surface area contributed by atoms with Crippen molar-refractivity contribution in [2.75, 3.05) is 13.2 Å². The number of hydrogen-bond acceptors (Lipinski definition) is 29. The van der Waals surface area contributed by atoms with E-state index in [1.54, 1.807) is 0 Å². The molecule has 26 atom stereocenters. The van der Waals surface area contributed by atoms with Gasteiger partial charge in [-0.25, -0.2) is 18.6 Å². The first kappa shape index (κ1) is 59.3. The monoisotopic (exact) mass is 1080 g/mol. The summed E-state index contributed by atoms with van der Waals surface area (Å²) >= 11 is 0. The van der Waals surface area contributed by atoms with Crippen LogP contribution in [0.3, 0.4) is 0 Å². The lowest BCUT2D eigenvalue weighted by molar-refractivity contribution is -0.395. The Balaban J connectivity index is 1.49. The van der Waals surface area contributed by atoms with Gasteiger partial charge in [0.15, 0.2) is 43.5 Å². The highest BCUT2D eigenvalue weighted by Gasteiger charge is 2.63. The summed E-state index contributed by atoms with van der Waals surface area (Å²) < 4.78 is 87.7. The molecule has 18 N–H and O–H groups in total. The average Bonchev–Trinajstić information content (AvgIpc) is 3.29. The molecule has 72 heavy (non-hydrogen) atoms. The predicted octanol–water partition coefficient (Wildman–Crippen LogP) is -11.8. The number of aliphatic hydroxyl groups is 12. The van der Waals surface area contributed by atoms with Gasteiger partial charge in [0, 0.05) is 13.3 Å². The molecule has 36 heteroatoms. The van der Waals surface area contributed by atoms with Crippen LogP contribution in [0, 0.1) is 0 Å². The van der Waals surface area contributed by atoms with E-state index >= 15 is 0 Å². The van der Waals surface area contributed by atoms with E-state index in [4.69, 9.17) is 42.6 Å². The largest absolute Gasteiger partial charge is 0.479 e. The van der Waals surface area contributed by atoms with Crippen molar-refractivity contribution in [2.45, 2.75) is 179 Å². The van der Waals surface area contributed by atoms with Gasteiger partial charge in [-0.3, -0.25) is 14.1 Å². The third kappa shape index (κ3) is 12.7. The number of amides is 2. The Morgan fingerprint density at radius 1 is 0.694 bits per heavy atom. The fraction of sp³-hybridized carbons (Fsp3) is 0.861. The lowest BCUT2D eigenvalue weighted by Crippen LogP contribution is -2.72. The van der Waals surface area contributed by atoms with Crippen molar-refractivity contribution in [3.8, 4) is 0 Å². The Bertz CT molecular complexity index is 2000. The van der Waals surface area contributed by atoms with Crippen molar-refractivity contribution in [3.63, 3.8) is 0 Å². The molecule has 0 aromatic carbocycles. The van der Waals surface area contributed by atoms with Gasteiger partial charge in [0.2, 0.25) is 12.3 Å². The number of hydrogen-bond donors (Lipinski definition) is 18. The number of aliphatic hydroxyl groups excluding tert-OH is 12. The second-order valence-electron chi connectivity index (χ2n) is 17.0. The number of carboxylic acids is 3. The summed E-state index contributed by atoms with van der Waals surface area (Å²) in [6.07, 6.45) is -55.2. The molecule has 0 radical (unpaired) electrons. The highest BCUT2D eigenvalue weighted by Crippen LogP contribution is 2.40. The zero-order valence-corrected chi connectivity index (χ0v) is 38.0. The summed E-state index contributed by atoms with van der Waals surface area (Å²) in [6.45, 7) is -0.194. The Kier molecular flexibility index (Phi) is 19.7. The first-order chi connectivity index (χ1) is 33.5. The van der Waals surface area contributed by atoms with Crippen molar-refractivity contribution in [2.24, 2.45) is 0 Å². The molecule has 5 aliphatic rings. The van der Waals surface area contributed by atoms with Gasteiger partial charge in [-0.2, -0.15) is 8.42 Å². The molecule has 0 aliphatic carbocycles. The van der Waals surface area contributed by atoms with E-state index in [2.05, 4.69) is 14.8 Å². The summed E-state index contributed by atoms with van der Waals surface area (Å²) in [4.78, 5) is 62.1. The number of carbonyl (C=O) groups is 5. The van der Waals surface area contributed by atoms with Crippen LogP contribution in [0.15, 0.2) is 0 Å². The standard InChI is InChI=1S/C36H56N2O33S/c1-7(42)12(38-8(2)43)22-13(37-6-41)9(44)3-36(69-22,35(57)58)70-24-20(51)26(71-72(59,60)61)34(68-28(24)30(54)55)66-25-15(46)14(45)10(4-39)63-33(25)65-23-17(48)19(50)32(67-27(23)29(52)53)64-21-11(5-40)62-31(56)18(49)16(21)47/h6-7,9-28,31-34,39-40,42,44-51,56H,3-5H2,1-2H3,(H,37,41)(H,38,43)(H,52,53)(H,54,55)(H,57,58)(H,59,60,61)/t7-,9+,10-,11-,12-,13-,14-,15+,16-,17-,18-,19-,20+,21-,22+,23+,24+,25+,26-,27+,28+,31?,32-,33-,34-,36+/m1/s1. The number of carboxylic acid groups (broad SMARTS) is 3. The SMILES string of the molecule is CC(=O)N[C@@H]([C@@H]1O[C@@](O[C@H]2[C@H](O)[C@@H](OS(=O)(=O)O)[C@H](O[C@@H]3[C@@H](O[C@H]4[C@H](O)[C@@H](O)[C@H](O[C@H]5[C@H](O)[C@@H](O)C(O)O[C@@H]5CO)O[C@@H]4C(=O)O)O[C@H](CO)[C@@H](O)[C@@H]3O)O[C@@H]2C(=O)O)(C(=O)O)C[C@H](O)[C@H]1NC=O)[C@@H](C)O. The summed E-state index contributed by atoms with van der Waals surface area (Å²) in [5.74, 6) is -10.8. The van der Waals surface area contributed by atoms with E-state index in [9.17, 15) is 114 Å². The van der Waals surface area contributed by atoms with Crippen LogP contribution in [0.25, 0.3) is 0 Å². The molecule has 1 unspecified atom stereocenters. The summed E-state index contributed by atoms with van der Waals surface area (Å²) in [5, 5.41) is 163. The second-order valence-corrected chi connectivity index (χ2v) is 18.0. The summed E-state index contributed by atoms with van der Waals surface area (Å²) in [7, 11) is -5.90. The van der Waals surface area contributed by atoms with Crippen molar-refractivity contribution in [1.29, 1.82) is 0 Å². The van der Waals surface area contributed by atoms with Crippen molar-refractivity contribution in [1.82, 2.24) is 10.6 Å². The van der Waals surface area contributed by atoms with Crippen LogP contribution in [0.5, 0.6) is 0 Å². The quantitative estimate of drug-likeness (QED) is 0.0398. The molecule has 0 bridgehead atoms. The van der Waals surface area contributed by atoms with Gasteiger partial charge in [0.05, 0.1) is 37.5 Å². The molecule has 5 heterocycles. The third-order valence-electron chi connectivity index (χ3n) is 12.1. The lowest BCUT2D eigenvalue weighted by Gasteiger charge is -2.51. The number of carbonyl (C=O) groups excluding carboxylic acids is 2. The summed E-state index contributed by atoms with van der Waals surface area (Å²) in [6, 6.07) is -3.36. The Hall–Kier alpha value is -3.62. The minimum atomic E-state index is -5.90. The van der Waals surface area contributed by atoms with E-state index in [1.807, 2.05) is 0 Å². The van der Waals surface area contributed by atoms with Gasteiger partial charge >= 0.3 is 28.3 Å². The van der Waals surface area contributed by atoms with Crippen LogP contribution < -0.4 is 10.6 Å². The van der Waals surface area contributed by atoms with Crippen LogP contribution in [0.2, 0.25) is 0 Å². The molecule has 0 spiro atoms. The Morgan fingerprint density at radius 3 is 1.75 bits per heavy atom. The molecule has 2 amide bonds. The maximum Gasteiger partial charge on any atom is 0.397 e. The van der Waals surface area contributed by atoms with E-state index in [1.165, 1.54) is 0 Å². The lowest BCUT2D eigenvalue weighted by atomic mass is 9.87. The van der Waals surface area contributed by atoms with Crippen LogP contribution >= 0.6 is 0 Å². The molecule has 35 nitrogen and oxygen atoms in total. The second kappa shape index (κ2) is 23.9. The molecule has 5 aliphatic heterocycles. The molecule has 0 aromatic heterocycles. The van der Waals surface area contributed by atoms with Gasteiger partial charge in [-0.15, -0.1) is 0 Å². The van der Waals surface area contributed by atoms with Gasteiger partial charge < -0.3 is 130 Å². The van der Waals surface area contributed by atoms with Crippen molar-refractivity contribution < 1.29 is 160 Å². The van der Waals surface area contributed by atoms with Gasteiger partial charge in [-0.05, 0) is 6.92 Å². The molecule has 0 aromatic rings. The molecular formula is C36H56N2O33S. The average molecular weight is 1080 g/mol.